The Morgan fingerprint density at radius 2 is 2.44 bits per heavy atom. The van der Waals surface area contributed by atoms with Crippen LogP contribution in [0.15, 0.2) is 18.2 Å². The number of ether oxygens (including phenoxy) is 1. The molecule has 2 rings (SSSR count). The maximum Gasteiger partial charge on any atom is 0.128 e. The molecule has 0 aromatic carbocycles. The lowest BCUT2D eigenvalue weighted by Crippen LogP contribution is -2.29. The van der Waals surface area contributed by atoms with Gasteiger partial charge < -0.3 is 9.64 Å². The summed E-state index contributed by atoms with van der Waals surface area (Å²) in [5.74, 6) is 1.43. The van der Waals surface area contributed by atoms with E-state index in [-0.39, 0.29) is 0 Å². The Bertz CT molecular complexity index is 340. The highest BCUT2D eigenvalue weighted by Crippen LogP contribution is 2.16. The molecule has 1 atom stereocenters. The summed E-state index contributed by atoms with van der Waals surface area (Å²) in [5, 5.41) is 0. The number of hydrogen-bond acceptors (Lipinski definition) is 3. The zero-order valence-electron chi connectivity index (χ0n) is 9.53. The first-order valence-corrected chi connectivity index (χ1v) is 6.17. The van der Waals surface area contributed by atoms with Gasteiger partial charge in [0.1, 0.15) is 5.82 Å². The van der Waals surface area contributed by atoms with E-state index in [1.165, 1.54) is 6.42 Å². The molecule has 4 heteroatoms. The van der Waals surface area contributed by atoms with Gasteiger partial charge in [0, 0.05) is 20.2 Å². The molecule has 2 heterocycles. The molecule has 1 aliphatic heterocycles. The molecule has 0 radical (unpaired) electrons. The molecule has 16 heavy (non-hydrogen) atoms. The van der Waals surface area contributed by atoms with Crippen LogP contribution in [0, 0.1) is 0 Å². The highest BCUT2D eigenvalue weighted by atomic mass is 35.5. The minimum absolute atomic E-state index is 0.353. The average Bonchev–Trinajstić information content (AvgIpc) is 2.82. The summed E-state index contributed by atoms with van der Waals surface area (Å²) < 4.78 is 5.61. The predicted octanol–water partition coefficient (Wildman–Crippen LogP) is 2.44. The summed E-state index contributed by atoms with van der Waals surface area (Å²) in [6, 6.07) is 5.94. The van der Waals surface area contributed by atoms with Gasteiger partial charge in [-0.25, -0.2) is 4.98 Å². The Kier molecular flexibility index (Phi) is 4.02. The van der Waals surface area contributed by atoms with E-state index in [1.807, 2.05) is 25.2 Å². The number of halogens is 1. The van der Waals surface area contributed by atoms with E-state index >= 15 is 0 Å². The largest absolute Gasteiger partial charge is 0.376 e. The third-order valence-electron chi connectivity index (χ3n) is 2.82. The minimum atomic E-state index is 0.353. The fourth-order valence-corrected chi connectivity index (χ4v) is 2.09. The number of hydrogen-bond donors (Lipinski definition) is 0. The van der Waals surface area contributed by atoms with Gasteiger partial charge in [-0.05, 0) is 25.0 Å². The van der Waals surface area contributed by atoms with E-state index in [9.17, 15) is 0 Å². The van der Waals surface area contributed by atoms with Crippen molar-refractivity contribution in [3.63, 3.8) is 0 Å². The third-order valence-corrected chi connectivity index (χ3v) is 3.10. The van der Waals surface area contributed by atoms with Crippen molar-refractivity contribution in [3.8, 4) is 0 Å². The second kappa shape index (κ2) is 5.51. The molecule has 1 aliphatic rings. The van der Waals surface area contributed by atoms with Crippen molar-refractivity contribution < 1.29 is 4.74 Å². The number of likely N-dealkylation sites (N-methyl/N-ethyl adjacent to an activating group) is 1. The van der Waals surface area contributed by atoms with E-state index in [0.717, 1.165) is 31.1 Å². The number of pyridine rings is 1. The summed E-state index contributed by atoms with van der Waals surface area (Å²) in [6.07, 6.45) is 2.68. The van der Waals surface area contributed by atoms with Crippen molar-refractivity contribution in [2.75, 3.05) is 25.1 Å². The number of nitrogens with zero attached hydrogens (tertiary/aromatic N) is 2. The second-order valence-corrected chi connectivity index (χ2v) is 4.40. The smallest absolute Gasteiger partial charge is 0.128 e. The van der Waals surface area contributed by atoms with Crippen LogP contribution in [0.25, 0.3) is 0 Å². The van der Waals surface area contributed by atoms with Gasteiger partial charge in [-0.2, -0.15) is 0 Å². The Hall–Kier alpha value is -0.800. The molecule has 0 saturated carbocycles. The average molecular weight is 241 g/mol. The highest BCUT2D eigenvalue weighted by molar-refractivity contribution is 6.16. The van der Waals surface area contributed by atoms with Crippen LogP contribution in [0.2, 0.25) is 0 Å². The predicted molar refractivity (Wildman–Crippen MR) is 66.0 cm³/mol. The lowest BCUT2D eigenvalue weighted by Gasteiger charge is -2.21. The quantitative estimate of drug-likeness (QED) is 0.756. The van der Waals surface area contributed by atoms with E-state index in [4.69, 9.17) is 16.3 Å². The first-order valence-electron chi connectivity index (χ1n) is 5.64. The molecule has 3 nitrogen and oxygen atoms in total. The standard InChI is InChI=1S/C12H17ClN2O/c1-15(9-11-5-3-7-16-11)12-6-2-4-10(8-13)14-12/h2,4,6,11H,3,5,7-9H2,1H3. The Morgan fingerprint density at radius 1 is 1.56 bits per heavy atom. The molecule has 1 fully saturated rings. The van der Waals surface area contributed by atoms with Gasteiger partial charge in [0.2, 0.25) is 0 Å². The number of alkyl halides is 1. The minimum Gasteiger partial charge on any atom is -0.376 e. The highest BCUT2D eigenvalue weighted by Gasteiger charge is 2.17. The van der Waals surface area contributed by atoms with Gasteiger partial charge in [0.05, 0.1) is 17.7 Å². The second-order valence-electron chi connectivity index (χ2n) is 4.14. The van der Waals surface area contributed by atoms with Crippen molar-refractivity contribution >= 4 is 17.4 Å². The van der Waals surface area contributed by atoms with Crippen molar-refractivity contribution in [2.24, 2.45) is 0 Å². The van der Waals surface area contributed by atoms with Crippen LogP contribution in [0.5, 0.6) is 0 Å². The fraction of sp³-hybridized carbons (Fsp3) is 0.583. The summed E-state index contributed by atoms with van der Waals surface area (Å²) in [6.45, 7) is 1.80. The van der Waals surface area contributed by atoms with E-state index < -0.39 is 0 Å². The van der Waals surface area contributed by atoms with Crippen molar-refractivity contribution in [1.29, 1.82) is 0 Å². The van der Waals surface area contributed by atoms with Crippen LogP contribution < -0.4 is 4.90 Å². The Labute approximate surface area is 101 Å². The molecule has 1 aromatic heterocycles. The molecule has 1 saturated heterocycles. The summed E-state index contributed by atoms with van der Waals surface area (Å²) in [7, 11) is 2.04. The SMILES string of the molecule is CN(CC1CCCO1)c1cccc(CCl)n1. The van der Waals surface area contributed by atoms with Gasteiger partial charge in [-0.15, -0.1) is 11.6 Å². The van der Waals surface area contributed by atoms with Gasteiger partial charge in [-0.1, -0.05) is 6.07 Å². The topological polar surface area (TPSA) is 25.4 Å². The molecule has 1 unspecified atom stereocenters. The number of aromatic nitrogens is 1. The maximum atomic E-state index is 5.77. The fourth-order valence-electron chi connectivity index (χ4n) is 1.94. The van der Waals surface area contributed by atoms with Crippen LogP contribution in [0.3, 0.4) is 0 Å². The lowest BCUT2D eigenvalue weighted by molar-refractivity contribution is 0.116. The van der Waals surface area contributed by atoms with Crippen LogP contribution in [0.4, 0.5) is 5.82 Å². The summed E-state index contributed by atoms with van der Waals surface area (Å²) >= 11 is 5.77. The van der Waals surface area contributed by atoms with Gasteiger partial charge >= 0.3 is 0 Å². The van der Waals surface area contributed by atoms with Gasteiger partial charge in [0.15, 0.2) is 0 Å². The van der Waals surface area contributed by atoms with Crippen LogP contribution in [-0.4, -0.2) is 31.3 Å². The number of rotatable bonds is 4. The zero-order valence-corrected chi connectivity index (χ0v) is 10.3. The zero-order chi connectivity index (χ0) is 11.4. The van der Waals surface area contributed by atoms with E-state index in [1.54, 1.807) is 0 Å². The molecule has 0 bridgehead atoms. The van der Waals surface area contributed by atoms with Crippen LogP contribution >= 0.6 is 11.6 Å². The van der Waals surface area contributed by atoms with Crippen molar-refractivity contribution in [3.05, 3.63) is 23.9 Å². The summed E-state index contributed by atoms with van der Waals surface area (Å²) in [4.78, 5) is 6.60. The van der Waals surface area contributed by atoms with Crippen molar-refractivity contribution in [1.82, 2.24) is 4.98 Å². The molecule has 0 spiro atoms. The van der Waals surface area contributed by atoms with Crippen molar-refractivity contribution in [2.45, 2.75) is 24.8 Å². The van der Waals surface area contributed by atoms with Gasteiger partial charge in [-0.3, -0.25) is 0 Å². The Balaban J connectivity index is 1.98. The van der Waals surface area contributed by atoms with Crippen LogP contribution in [0.1, 0.15) is 18.5 Å². The maximum absolute atomic E-state index is 5.77. The molecule has 0 aliphatic carbocycles. The normalized spacial score (nSPS) is 20.0. The number of anilines is 1. The molecule has 0 N–H and O–H groups in total. The molecular formula is C12H17ClN2O. The first kappa shape index (κ1) is 11.7. The van der Waals surface area contributed by atoms with E-state index in [2.05, 4.69) is 9.88 Å². The monoisotopic (exact) mass is 240 g/mol. The van der Waals surface area contributed by atoms with E-state index in [0.29, 0.717) is 12.0 Å². The molecule has 1 aromatic rings. The third kappa shape index (κ3) is 2.86. The molecular weight excluding hydrogens is 224 g/mol. The Morgan fingerprint density at radius 3 is 3.12 bits per heavy atom. The van der Waals surface area contributed by atoms with Crippen LogP contribution in [-0.2, 0) is 10.6 Å². The molecule has 88 valence electrons. The first-order chi connectivity index (χ1) is 7.79. The summed E-state index contributed by atoms with van der Waals surface area (Å²) in [5.41, 5.74) is 0.915. The molecule has 0 amide bonds. The van der Waals surface area contributed by atoms with Gasteiger partial charge in [0.25, 0.3) is 0 Å². The lowest BCUT2D eigenvalue weighted by atomic mass is 10.2.